The van der Waals surface area contributed by atoms with E-state index >= 15 is 0 Å². The lowest BCUT2D eigenvalue weighted by atomic mass is 9.95. The molecule has 0 aliphatic carbocycles. The van der Waals surface area contributed by atoms with E-state index in [0.29, 0.717) is 18.5 Å². The highest BCUT2D eigenvalue weighted by Gasteiger charge is 2.29. The number of hydrogen-bond donors (Lipinski definition) is 1. The van der Waals surface area contributed by atoms with Gasteiger partial charge in [0.15, 0.2) is 0 Å². The van der Waals surface area contributed by atoms with E-state index < -0.39 is 0 Å². The Morgan fingerprint density at radius 1 is 1.57 bits per heavy atom. The second-order valence-electron chi connectivity index (χ2n) is 3.32. The predicted octanol–water partition coefficient (Wildman–Crippen LogP) is -0.665. The topological polar surface area (TPSA) is 76.9 Å². The molecule has 0 aromatic carbocycles. The van der Waals surface area contributed by atoms with Crippen molar-refractivity contribution in [3.8, 4) is 0 Å². The van der Waals surface area contributed by atoms with Crippen molar-refractivity contribution >= 4 is 11.8 Å². The third-order valence-electron chi connectivity index (χ3n) is 2.22. The Kier molecular flexibility index (Phi) is 2.03. The highest BCUT2D eigenvalue weighted by Crippen LogP contribution is 2.21. The summed E-state index contributed by atoms with van der Waals surface area (Å²) in [5.74, 6) is -0.821. The number of imide groups is 1. The van der Waals surface area contributed by atoms with Crippen molar-refractivity contribution < 1.29 is 9.59 Å². The van der Waals surface area contributed by atoms with E-state index in [2.05, 4.69) is 15.6 Å². The van der Waals surface area contributed by atoms with Gasteiger partial charge in [0.1, 0.15) is 0 Å². The molecule has 74 valence electrons. The minimum absolute atomic E-state index is 0.213. The van der Waals surface area contributed by atoms with Crippen molar-refractivity contribution in [2.45, 2.75) is 18.8 Å². The second-order valence-corrected chi connectivity index (χ2v) is 3.32. The summed E-state index contributed by atoms with van der Waals surface area (Å²) < 4.78 is 1.54. The minimum Gasteiger partial charge on any atom is -0.296 e. The lowest BCUT2D eigenvalue weighted by Gasteiger charge is -2.18. The number of amides is 2. The smallest absolute Gasteiger partial charge is 0.235 e. The van der Waals surface area contributed by atoms with Crippen LogP contribution in [0, 0.1) is 0 Å². The molecule has 1 aromatic heterocycles. The first-order chi connectivity index (χ1) is 6.66. The first-order valence-corrected chi connectivity index (χ1v) is 4.37. The molecule has 0 radical (unpaired) electrons. The fourth-order valence-electron chi connectivity index (χ4n) is 1.50. The van der Waals surface area contributed by atoms with Crippen LogP contribution >= 0.6 is 0 Å². The molecule has 1 aliphatic rings. The van der Waals surface area contributed by atoms with Gasteiger partial charge in [0.05, 0.1) is 11.6 Å². The Morgan fingerprint density at radius 3 is 2.93 bits per heavy atom. The van der Waals surface area contributed by atoms with Crippen LogP contribution in [-0.4, -0.2) is 26.8 Å². The normalized spacial score (nSPS) is 22.2. The van der Waals surface area contributed by atoms with Gasteiger partial charge in [-0.3, -0.25) is 19.6 Å². The summed E-state index contributed by atoms with van der Waals surface area (Å²) in [5, 5.41) is 9.88. The molecule has 2 rings (SSSR count). The number of piperidine rings is 1. The summed E-state index contributed by atoms with van der Waals surface area (Å²) in [6.45, 7) is 0. The van der Waals surface area contributed by atoms with Crippen LogP contribution in [0.3, 0.4) is 0 Å². The number of aryl methyl sites for hydroxylation is 1. The van der Waals surface area contributed by atoms with E-state index in [1.54, 1.807) is 17.9 Å². The van der Waals surface area contributed by atoms with Crippen LogP contribution in [0.15, 0.2) is 6.20 Å². The lowest BCUT2D eigenvalue weighted by Crippen LogP contribution is -2.39. The Balaban J connectivity index is 2.19. The van der Waals surface area contributed by atoms with E-state index in [1.807, 2.05) is 0 Å². The maximum absolute atomic E-state index is 11.4. The SMILES string of the molecule is Cn1cc(C2CCC(=O)NC2=O)nn1. The molecule has 2 amide bonds. The number of nitrogens with zero attached hydrogens (tertiary/aromatic N) is 3. The number of aromatic nitrogens is 3. The van der Waals surface area contributed by atoms with Gasteiger partial charge in [-0.25, -0.2) is 0 Å². The summed E-state index contributed by atoms with van der Waals surface area (Å²) in [6, 6.07) is 0. The number of carbonyl (C=O) groups is 2. The van der Waals surface area contributed by atoms with E-state index in [-0.39, 0.29) is 17.7 Å². The van der Waals surface area contributed by atoms with Gasteiger partial charge in [-0.1, -0.05) is 5.21 Å². The molecule has 1 aliphatic heterocycles. The molecule has 0 saturated carbocycles. The Labute approximate surface area is 80.3 Å². The lowest BCUT2D eigenvalue weighted by molar-refractivity contribution is -0.134. The molecular formula is C8H10N4O2. The maximum Gasteiger partial charge on any atom is 0.235 e. The Hall–Kier alpha value is -1.72. The minimum atomic E-state index is -0.332. The Bertz CT molecular complexity index is 384. The van der Waals surface area contributed by atoms with Crippen molar-refractivity contribution in [2.24, 2.45) is 7.05 Å². The number of rotatable bonds is 1. The summed E-state index contributed by atoms with van der Waals surface area (Å²) in [4.78, 5) is 22.3. The molecule has 1 N–H and O–H groups in total. The van der Waals surface area contributed by atoms with Gasteiger partial charge >= 0.3 is 0 Å². The van der Waals surface area contributed by atoms with E-state index in [1.165, 1.54) is 0 Å². The van der Waals surface area contributed by atoms with Crippen LogP contribution in [0.5, 0.6) is 0 Å². The molecule has 1 fully saturated rings. The van der Waals surface area contributed by atoms with Crippen LogP contribution in [-0.2, 0) is 16.6 Å². The first kappa shape index (κ1) is 8.86. The van der Waals surface area contributed by atoms with Crippen molar-refractivity contribution in [3.05, 3.63) is 11.9 Å². The molecule has 14 heavy (non-hydrogen) atoms. The first-order valence-electron chi connectivity index (χ1n) is 4.37. The van der Waals surface area contributed by atoms with Gasteiger partial charge in [-0.2, -0.15) is 0 Å². The third kappa shape index (κ3) is 1.50. The fourth-order valence-corrected chi connectivity index (χ4v) is 1.50. The molecular weight excluding hydrogens is 184 g/mol. The van der Waals surface area contributed by atoms with Crippen LogP contribution in [0.25, 0.3) is 0 Å². The molecule has 1 atom stereocenters. The van der Waals surface area contributed by atoms with Gasteiger partial charge in [-0.15, -0.1) is 5.10 Å². The third-order valence-corrected chi connectivity index (χ3v) is 2.22. The standard InChI is InChI=1S/C8H10N4O2/c1-12-4-6(10-11-12)5-2-3-7(13)9-8(5)14/h4-5H,2-3H2,1H3,(H,9,13,14). The fraction of sp³-hybridized carbons (Fsp3) is 0.500. The van der Waals surface area contributed by atoms with Crippen LogP contribution in [0.2, 0.25) is 0 Å². The van der Waals surface area contributed by atoms with Crippen molar-refractivity contribution in [3.63, 3.8) is 0 Å². The summed E-state index contributed by atoms with van der Waals surface area (Å²) in [5.41, 5.74) is 0.623. The van der Waals surface area contributed by atoms with Gasteiger partial charge in [0, 0.05) is 19.7 Å². The molecule has 1 unspecified atom stereocenters. The maximum atomic E-state index is 11.4. The average Bonchev–Trinajstić information content (AvgIpc) is 2.51. The molecule has 0 bridgehead atoms. The highest BCUT2D eigenvalue weighted by atomic mass is 16.2. The predicted molar refractivity (Wildman–Crippen MR) is 46.1 cm³/mol. The molecule has 1 aromatic rings. The van der Waals surface area contributed by atoms with Crippen LogP contribution in [0.1, 0.15) is 24.5 Å². The number of nitrogens with one attached hydrogen (secondary N) is 1. The van der Waals surface area contributed by atoms with Gasteiger partial charge < -0.3 is 0 Å². The average molecular weight is 194 g/mol. The molecule has 1 saturated heterocycles. The van der Waals surface area contributed by atoms with Crippen molar-refractivity contribution in [1.82, 2.24) is 20.3 Å². The molecule has 2 heterocycles. The largest absolute Gasteiger partial charge is 0.296 e. The van der Waals surface area contributed by atoms with Crippen molar-refractivity contribution in [1.29, 1.82) is 0 Å². The quantitative estimate of drug-likeness (QED) is 0.602. The van der Waals surface area contributed by atoms with Gasteiger partial charge in [0.2, 0.25) is 11.8 Å². The monoisotopic (exact) mass is 194 g/mol. The van der Waals surface area contributed by atoms with Gasteiger partial charge in [-0.05, 0) is 6.42 Å². The summed E-state index contributed by atoms with van der Waals surface area (Å²) in [6.07, 6.45) is 2.58. The van der Waals surface area contributed by atoms with Crippen LogP contribution in [0.4, 0.5) is 0 Å². The Morgan fingerprint density at radius 2 is 2.36 bits per heavy atom. The van der Waals surface area contributed by atoms with E-state index in [0.717, 1.165) is 0 Å². The number of hydrogen-bond acceptors (Lipinski definition) is 4. The molecule has 6 heteroatoms. The molecule has 6 nitrogen and oxygen atoms in total. The van der Waals surface area contributed by atoms with E-state index in [4.69, 9.17) is 0 Å². The molecule has 0 spiro atoms. The van der Waals surface area contributed by atoms with Gasteiger partial charge in [0.25, 0.3) is 0 Å². The summed E-state index contributed by atoms with van der Waals surface area (Å²) in [7, 11) is 1.74. The zero-order valence-electron chi connectivity index (χ0n) is 7.73. The van der Waals surface area contributed by atoms with Crippen molar-refractivity contribution in [2.75, 3.05) is 0 Å². The number of carbonyl (C=O) groups excluding carboxylic acids is 2. The van der Waals surface area contributed by atoms with E-state index in [9.17, 15) is 9.59 Å². The zero-order chi connectivity index (χ0) is 10.1. The summed E-state index contributed by atoms with van der Waals surface area (Å²) >= 11 is 0. The zero-order valence-corrected chi connectivity index (χ0v) is 7.73. The second kappa shape index (κ2) is 3.21. The highest BCUT2D eigenvalue weighted by molar-refractivity contribution is 6.00. The van der Waals surface area contributed by atoms with Crippen LogP contribution < -0.4 is 5.32 Å².